The van der Waals surface area contributed by atoms with E-state index < -0.39 is 5.82 Å². The van der Waals surface area contributed by atoms with Crippen LogP contribution in [0.15, 0.2) is 6.07 Å². The van der Waals surface area contributed by atoms with E-state index in [0.717, 1.165) is 0 Å². The van der Waals surface area contributed by atoms with Crippen molar-refractivity contribution in [1.29, 1.82) is 0 Å². The summed E-state index contributed by atoms with van der Waals surface area (Å²) in [5.41, 5.74) is 5.59. The van der Waals surface area contributed by atoms with Crippen LogP contribution in [0.5, 0.6) is 11.6 Å². The monoisotopic (exact) mass is 200 g/mol. The molecule has 0 atom stereocenters. The number of hydrogen-bond donors (Lipinski definition) is 1. The Kier molecular flexibility index (Phi) is 3.64. The number of aromatic nitrogens is 1. The Morgan fingerprint density at radius 1 is 1.43 bits per heavy atom. The fraction of sp³-hybridized carbons (Fsp3) is 0.444. The molecule has 5 heteroatoms. The number of nitrogens with zero attached hydrogens (tertiary/aromatic N) is 1. The van der Waals surface area contributed by atoms with Crippen molar-refractivity contribution in [3.63, 3.8) is 0 Å². The van der Waals surface area contributed by atoms with Gasteiger partial charge >= 0.3 is 0 Å². The Bertz CT molecular complexity index is 318. The van der Waals surface area contributed by atoms with E-state index in [2.05, 4.69) is 4.98 Å². The third-order valence-corrected chi connectivity index (χ3v) is 1.78. The van der Waals surface area contributed by atoms with E-state index in [0.29, 0.717) is 18.8 Å². The summed E-state index contributed by atoms with van der Waals surface area (Å²) < 4.78 is 23.2. The number of halogens is 1. The predicted molar refractivity (Wildman–Crippen MR) is 50.1 cm³/mol. The van der Waals surface area contributed by atoms with Gasteiger partial charge in [0, 0.05) is 12.5 Å². The first-order valence-electron chi connectivity index (χ1n) is 4.20. The van der Waals surface area contributed by atoms with Crippen LogP contribution in [0.2, 0.25) is 0 Å². The van der Waals surface area contributed by atoms with Crippen LogP contribution in [0.4, 0.5) is 4.39 Å². The van der Waals surface area contributed by atoms with Crippen molar-refractivity contribution in [3.05, 3.63) is 17.6 Å². The Balaban J connectivity index is 3.12. The maximum Gasteiger partial charge on any atom is 0.217 e. The molecule has 0 spiro atoms. The Morgan fingerprint density at radius 2 is 2.14 bits per heavy atom. The summed E-state index contributed by atoms with van der Waals surface area (Å²) in [4.78, 5) is 3.93. The fourth-order valence-electron chi connectivity index (χ4n) is 1.09. The van der Waals surface area contributed by atoms with Crippen LogP contribution in [0.25, 0.3) is 0 Å². The van der Waals surface area contributed by atoms with Gasteiger partial charge in [-0.15, -0.1) is 0 Å². The van der Waals surface area contributed by atoms with Gasteiger partial charge in [0.1, 0.15) is 0 Å². The summed E-state index contributed by atoms with van der Waals surface area (Å²) >= 11 is 0. The third kappa shape index (κ3) is 2.11. The second-order valence-corrected chi connectivity index (χ2v) is 2.67. The zero-order valence-electron chi connectivity index (χ0n) is 8.21. The fourth-order valence-corrected chi connectivity index (χ4v) is 1.09. The summed E-state index contributed by atoms with van der Waals surface area (Å²) in [5.74, 6) is -0.0225. The first kappa shape index (κ1) is 10.7. The molecule has 1 aromatic heterocycles. The molecule has 4 nitrogen and oxygen atoms in total. The standard InChI is InChI=1S/C9H13FN2O2/c1-13-7-5-8(14-2)12-6(3-4-11)9(7)10/h5H,3-4,11H2,1-2H3. The lowest BCUT2D eigenvalue weighted by Crippen LogP contribution is -2.08. The lowest BCUT2D eigenvalue weighted by Gasteiger charge is -2.08. The molecule has 0 radical (unpaired) electrons. The molecule has 1 rings (SSSR count). The molecule has 0 aromatic carbocycles. The van der Waals surface area contributed by atoms with Crippen molar-refractivity contribution in [3.8, 4) is 11.6 Å². The quantitative estimate of drug-likeness (QED) is 0.778. The van der Waals surface area contributed by atoms with Gasteiger partial charge in [-0.05, 0) is 6.54 Å². The van der Waals surface area contributed by atoms with Gasteiger partial charge in [0.05, 0.1) is 19.9 Å². The van der Waals surface area contributed by atoms with E-state index in [1.165, 1.54) is 20.3 Å². The van der Waals surface area contributed by atoms with Crippen LogP contribution in [-0.4, -0.2) is 25.7 Å². The van der Waals surface area contributed by atoms with Gasteiger partial charge in [-0.2, -0.15) is 0 Å². The van der Waals surface area contributed by atoms with Gasteiger partial charge in [0.15, 0.2) is 11.6 Å². The van der Waals surface area contributed by atoms with Crippen LogP contribution < -0.4 is 15.2 Å². The Morgan fingerprint density at radius 3 is 2.64 bits per heavy atom. The van der Waals surface area contributed by atoms with Crippen LogP contribution in [0.1, 0.15) is 5.69 Å². The summed E-state index contributed by atoms with van der Waals surface area (Å²) in [6, 6.07) is 1.40. The number of hydrogen-bond acceptors (Lipinski definition) is 4. The highest BCUT2D eigenvalue weighted by Gasteiger charge is 2.12. The summed E-state index contributed by atoms with van der Waals surface area (Å²) in [6.07, 6.45) is 0.361. The zero-order chi connectivity index (χ0) is 10.6. The molecular weight excluding hydrogens is 187 g/mol. The van der Waals surface area contributed by atoms with Crippen LogP contribution in [0.3, 0.4) is 0 Å². The minimum absolute atomic E-state index is 0.125. The maximum absolute atomic E-state index is 13.5. The van der Waals surface area contributed by atoms with Crippen molar-refractivity contribution in [2.75, 3.05) is 20.8 Å². The van der Waals surface area contributed by atoms with Crippen LogP contribution in [0, 0.1) is 5.82 Å². The largest absolute Gasteiger partial charge is 0.493 e. The molecule has 14 heavy (non-hydrogen) atoms. The van der Waals surface area contributed by atoms with Gasteiger partial charge < -0.3 is 15.2 Å². The van der Waals surface area contributed by atoms with E-state index in [-0.39, 0.29) is 11.4 Å². The van der Waals surface area contributed by atoms with E-state index >= 15 is 0 Å². The molecule has 78 valence electrons. The van der Waals surface area contributed by atoms with Gasteiger partial charge in [-0.1, -0.05) is 0 Å². The highest BCUT2D eigenvalue weighted by Crippen LogP contribution is 2.24. The predicted octanol–water partition coefficient (Wildman–Crippen LogP) is 0.739. The number of nitrogens with two attached hydrogens (primary N) is 1. The van der Waals surface area contributed by atoms with Gasteiger partial charge in [-0.3, -0.25) is 0 Å². The lowest BCUT2D eigenvalue weighted by atomic mass is 10.2. The molecular formula is C9H13FN2O2. The van der Waals surface area contributed by atoms with Crippen molar-refractivity contribution in [2.24, 2.45) is 5.73 Å². The topological polar surface area (TPSA) is 57.4 Å². The molecule has 0 aliphatic carbocycles. The number of ether oxygens (including phenoxy) is 2. The first-order chi connectivity index (χ1) is 6.72. The van der Waals surface area contributed by atoms with Crippen molar-refractivity contribution >= 4 is 0 Å². The normalized spacial score (nSPS) is 10.0. The molecule has 0 saturated heterocycles. The maximum atomic E-state index is 13.5. The van der Waals surface area contributed by atoms with E-state index in [1.807, 2.05) is 0 Å². The average Bonchev–Trinajstić information content (AvgIpc) is 2.21. The molecule has 0 amide bonds. The summed E-state index contributed by atoms with van der Waals surface area (Å²) in [5, 5.41) is 0. The molecule has 1 aromatic rings. The highest BCUT2D eigenvalue weighted by molar-refractivity contribution is 5.32. The number of rotatable bonds is 4. The molecule has 0 bridgehead atoms. The van der Waals surface area contributed by atoms with E-state index in [9.17, 15) is 4.39 Å². The van der Waals surface area contributed by atoms with E-state index in [1.54, 1.807) is 0 Å². The average molecular weight is 200 g/mol. The van der Waals surface area contributed by atoms with E-state index in [4.69, 9.17) is 15.2 Å². The SMILES string of the molecule is COc1cc(OC)c(F)c(CCN)n1. The molecule has 0 aliphatic heterocycles. The smallest absolute Gasteiger partial charge is 0.217 e. The minimum atomic E-state index is -0.473. The second kappa shape index (κ2) is 4.76. The summed E-state index contributed by atoms with van der Waals surface area (Å²) in [6.45, 7) is 0.334. The van der Waals surface area contributed by atoms with Gasteiger partial charge in [0.25, 0.3) is 0 Å². The number of pyridine rings is 1. The molecule has 2 N–H and O–H groups in total. The molecule has 1 heterocycles. The van der Waals surface area contributed by atoms with Crippen molar-refractivity contribution in [1.82, 2.24) is 4.98 Å². The Labute approximate surface area is 81.8 Å². The van der Waals surface area contributed by atoms with Crippen molar-refractivity contribution < 1.29 is 13.9 Å². The van der Waals surface area contributed by atoms with Crippen LogP contribution >= 0.6 is 0 Å². The molecule has 0 unspecified atom stereocenters. The number of methoxy groups -OCH3 is 2. The molecule has 0 saturated carbocycles. The molecule has 0 fully saturated rings. The van der Waals surface area contributed by atoms with Gasteiger partial charge in [0.2, 0.25) is 5.88 Å². The second-order valence-electron chi connectivity index (χ2n) is 2.67. The summed E-state index contributed by atoms with van der Waals surface area (Å²) in [7, 11) is 2.86. The van der Waals surface area contributed by atoms with Crippen LogP contribution in [-0.2, 0) is 6.42 Å². The third-order valence-electron chi connectivity index (χ3n) is 1.78. The lowest BCUT2D eigenvalue weighted by molar-refractivity contribution is 0.360. The van der Waals surface area contributed by atoms with Crippen molar-refractivity contribution in [2.45, 2.75) is 6.42 Å². The Hall–Kier alpha value is -1.36. The molecule has 0 aliphatic rings. The first-order valence-corrected chi connectivity index (χ1v) is 4.20. The minimum Gasteiger partial charge on any atom is -0.493 e. The zero-order valence-corrected chi connectivity index (χ0v) is 8.21. The highest BCUT2D eigenvalue weighted by atomic mass is 19.1. The van der Waals surface area contributed by atoms with Gasteiger partial charge in [-0.25, -0.2) is 9.37 Å².